The number of carboxylic acid groups (broad SMARTS) is 1. The van der Waals surface area contributed by atoms with Crippen LogP contribution >= 0.6 is 23.4 Å². The molecule has 1 aromatic carbocycles. The fourth-order valence-electron chi connectivity index (χ4n) is 4.03. The number of aliphatic carboxylic acids is 1. The van der Waals surface area contributed by atoms with E-state index in [-0.39, 0.29) is 29.6 Å². The number of aliphatic imine (C=N–C) groups is 1. The fourth-order valence-corrected chi connectivity index (χ4v) is 5.58. The topological polar surface area (TPSA) is 186 Å². The van der Waals surface area contributed by atoms with Gasteiger partial charge in [0.25, 0.3) is 11.8 Å². The summed E-state index contributed by atoms with van der Waals surface area (Å²) in [6, 6.07) is 5.55. The molecule has 1 saturated heterocycles. The van der Waals surface area contributed by atoms with Crippen molar-refractivity contribution in [1.29, 1.82) is 0 Å². The van der Waals surface area contributed by atoms with Crippen molar-refractivity contribution < 1.29 is 39.3 Å². The van der Waals surface area contributed by atoms with Crippen LogP contribution in [0.3, 0.4) is 0 Å². The molecule has 4 rings (SSSR count). The SMILES string of the molecule is O=C(O)C1=C(Cl)CS[C@@H]2[C@H](NC(=O)[C@H](N=C3C(=O)C=CC(O)=C3C(=O)NCCO)c3ccccc3)C(=O)N12. The van der Waals surface area contributed by atoms with Crippen molar-refractivity contribution in [2.24, 2.45) is 4.99 Å². The van der Waals surface area contributed by atoms with Crippen LogP contribution in [0.1, 0.15) is 11.6 Å². The van der Waals surface area contributed by atoms with Crippen LogP contribution in [-0.4, -0.2) is 85.7 Å². The number of thioether (sulfide) groups is 1. The molecule has 1 aliphatic carbocycles. The van der Waals surface area contributed by atoms with Crippen molar-refractivity contribution in [2.75, 3.05) is 18.9 Å². The van der Waals surface area contributed by atoms with E-state index in [0.29, 0.717) is 5.56 Å². The number of carbonyl (C=O) groups excluding carboxylic acids is 4. The summed E-state index contributed by atoms with van der Waals surface area (Å²) in [5.41, 5.74) is -0.978. The van der Waals surface area contributed by atoms with Crippen molar-refractivity contribution in [3.63, 3.8) is 0 Å². The molecule has 3 amide bonds. The van der Waals surface area contributed by atoms with E-state index in [2.05, 4.69) is 15.6 Å². The van der Waals surface area contributed by atoms with Crippen molar-refractivity contribution in [3.05, 3.63) is 70.1 Å². The molecule has 3 atom stereocenters. The van der Waals surface area contributed by atoms with Crippen LogP contribution in [0.15, 0.2) is 69.5 Å². The highest BCUT2D eigenvalue weighted by molar-refractivity contribution is 8.00. The van der Waals surface area contributed by atoms with E-state index in [1.54, 1.807) is 30.3 Å². The van der Waals surface area contributed by atoms with Crippen LogP contribution in [0.5, 0.6) is 0 Å². The number of nitrogens with one attached hydrogen (secondary N) is 2. The lowest BCUT2D eigenvalue weighted by Crippen LogP contribution is -2.70. The summed E-state index contributed by atoms with van der Waals surface area (Å²) in [4.78, 5) is 68.5. The molecule has 14 heteroatoms. The highest BCUT2D eigenvalue weighted by atomic mass is 35.5. The maximum Gasteiger partial charge on any atom is 0.353 e. The molecule has 0 unspecified atom stereocenters. The number of rotatable bonds is 8. The molecular formula is C24H21ClN4O8S. The summed E-state index contributed by atoms with van der Waals surface area (Å²) in [6.45, 7) is -0.541. The number of allylic oxidation sites excluding steroid dienone is 2. The third-order valence-corrected chi connectivity index (χ3v) is 7.54. The first-order chi connectivity index (χ1) is 18.1. The van der Waals surface area contributed by atoms with Gasteiger partial charge in [-0.05, 0) is 17.7 Å². The number of carboxylic acids is 1. The Balaban J connectivity index is 1.66. The van der Waals surface area contributed by atoms with Crippen molar-refractivity contribution in [2.45, 2.75) is 17.5 Å². The highest BCUT2D eigenvalue weighted by Gasteiger charge is 2.54. The first-order valence-corrected chi connectivity index (χ1v) is 12.6. The quantitative estimate of drug-likeness (QED) is 0.218. The van der Waals surface area contributed by atoms with Gasteiger partial charge in [-0.15, -0.1) is 11.8 Å². The Morgan fingerprint density at radius 2 is 1.89 bits per heavy atom. The molecule has 0 saturated carbocycles. The minimum absolute atomic E-state index is 0.00732. The zero-order valence-electron chi connectivity index (χ0n) is 19.5. The molecule has 0 radical (unpaired) electrons. The number of nitrogens with zero attached hydrogens (tertiary/aromatic N) is 2. The molecule has 0 bridgehead atoms. The van der Waals surface area contributed by atoms with Crippen LogP contribution < -0.4 is 10.6 Å². The number of β-lactam (4-membered cyclic amide) rings is 1. The molecule has 12 nitrogen and oxygen atoms in total. The third-order valence-electron chi connectivity index (χ3n) is 5.79. The van der Waals surface area contributed by atoms with Crippen LogP contribution in [0.25, 0.3) is 0 Å². The van der Waals surface area contributed by atoms with Gasteiger partial charge in [-0.25, -0.2) is 4.79 Å². The normalized spacial score (nSPS) is 22.7. The van der Waals surface area contributed by atoms with E-state index in [1.165, 1.54) is 11.8 Å². The van der Waals surface area contributed by atoms with E-state index >= 15 is 0 Å². The maximum atomic E-state index is 13.5. The summed E-state index contributed by atoms with van der Waals surface area (Å²) >= 11 is 7.17. The van der Waals surface area contributed by atoms with E-state index in [0.717, 1.165) is 17.1 Å². The molecule has 38 heavy (non-hydrogen) atoms. The molecule has 2 heterocycles. The lowest BCUT2D eigenvalue weighted by molar-refractivity contribution is -0.150. The van der Waals surface area contributed by atoms with E-state index < -0.39 is 64.0 Å². The Morgan fingerprint density at radius 3 is 2.55 bits per heavy atom. The third kappa shape index (κ3) is 5.08. The van der Waals surface area contributed by atoms with Crippen LogP contribution in [-0.2, 0) is 24.0 Å². The second-order valence-electron chi connectivity index (χ2n) is 8.18. The van der Waals surface area contributed by atoms with Gasteiger partial charge in [-0.2, -0.15) is 0 Å². The fraction of sp³-hybridized carbons (Fsp3) is 0.250. The molecular weight excluding hydrogens is 540 g/mol. The first-order valence-electron chi connectivity index (χ1n) is 11.2. The van der Waals surface area contributed by atoms with Gasteiger partial charge in [0, 0.05) is 12.3 Å². The average Bonchev–Trinajstić information content (AvgIpc) is 2.90. The summed E-state index contributed by atoms with van der Waals surface area (Å²) in [6.07, 6.45) is 2.01. The molecule has 198 valence electrons. The monoisotopic (exact) mass is 560 g/mol. The predicted octanol–water partition coefficient (Wildman–Crippen LogP) is 0.163. The van der Waals surface area contributed by atoms with Crippen molar-refractivity contribution in [3.8, 4) is 0 Å². The van der Waals surface area contributed by atoms with Crippen molar-refractivity contribution in [1.82, 2.24) is 15.5 Å². The van der Waals surface area contributed by atoms with Gasteiger partial charge in [0.2, 0.25) is 11.7 Å². The first kappa shape index (κ1) is 27.1. The number of benzene rings is 1. The Bertz CT molecular complexity index is 1340. The predicted molar refractivity (Wildman–Crippen MR) is 136 cm³/mol. The number of carbonyl (C=O) groups is 5. The number of aliphatic hydroxyl groups excluding tert-OH is 2. The zero-order valence-corrected chi connectivity index (χ0v) is 21.0. The van der Waals surface area contributed by atoms with Crippen LogP contribution in [0.4, 0.5) is 0 Å². The molecule has 1 fully saturated rings. The van der Waals surface area contributed by atoms with E-state index in [1.807, 2.05) is 0 Å². The average molecular weight is 561 g/mol. The van der Waals surface area contributed by atoms with Crippen LogP contribution in [0.2, 0.25) is 0 Å². The number of halogens is 1. The second-order valence-corrected chi connectivity index (χ2v) is 9.74. The van der Waals surface area contributed by atoms with Crippen molar-refractivity contribution >= 4 is 58.5 Å². The van der Waals surface area contributed by atoms with E-state index in [4.69, 9.17) is 16.7 Å². The summed E-state index contributed by atoms with van der Waals surface area (Å²) in [5.74, 6) is -4.89. The molecule has 5 N–H and O–H groups in total. The largest absolute Gasteiger partial charge is 0.507 e. The summed E-state index contributed by atoms with van der Waals surface area (Å²) in [7, 11) is 0. The maximum absolute atomic E-state index is 13.5. The van der Waals surface area contributed by atoms with Gasteiger partial charge in [0.15, 0.2) is 6.04 Å². The second kappa shape index (κ2) is 11.2. The van der Waals surface area contributed by atoms with Crippen LogP contribution in [0, 0.1) is 0 Å². The van der Waals surface area contributed by atoms with Gasteiger partial charge in [-0.3, -0.25) is 29.1 Å². The minimum Gasteiger partial charge on any atom is -0.507 e. The molecule has 1 aromatic rings. The smallest absolute Gasteiger partial charge is 0.353 e. The Morgan fingerprint density at radius 1 is 1.18 bits per heavy atom. The number of fused-ring (bicyclic) bond motifs is 1. The van der Waals surface area contributed by atoms with Gasteiger partial charge in [-0.1, -0.05) is 41.9 Å². The molecule has 0 aromatic heterocycles. The lowest BCUT2D eigenvalue weighted by Gasteiger charge is -2.48. The van der Waals surface area contributed by atoms with Gasteiger partial charge in [0.1, 0.15) is 34.2 Å². The summed E-state index contributed by atoms with van der Waals surface area (Å²) < 4.78 is 0. The van der Waals surface area contributed by atoms with Gasteiger partial charge < -0.3 is 26.0 Å². The number of hydrogen-bond donors (Lipinski definition) is 5. The molecule has 2 aliphatic heterocycles. The molecule has 3 aliphatic rings. The standard InChI is InChI=1S/C24H21ClN4O8S/c25-12-10-38-23-18(22(35)29(23)19(12)24(36)37)28-21(34)16(11-4-2-1-3-5-11)27-17-14(32)7-6-13(31)15(17)20(33)26-8-9-30/h1-7,16,18,23,30-31H,8-10H2,(H,26,33)(H,28,34)(H,36,37)/t16-,18-,23-/m1/s1. The molecule has 0 spiro atoms. The Kier molecular flexibility index (Phi) is 7.99. The number of hydrogen-bond acceptors (Lipinski definition) is 9. The van der Waals surface area contributed by atoms with Gasteiger partial charge in [0.05, 0.1) is 11.6 Å². The Hall–Kier alpha value is -3.94. The number of aliphatic hydroxyl groups is 2. The number of amides is 3. The zero-order chi connectivity index (χ0) is 27.6. The highest BCUT2D eigenvalue weighted by Crippen LogP contribution is 2.41. The summed E-state index contributed by atoms with van der Waals surface area (Å²) in [5, 5.41) is 33.0. The van der Waals surface area contributed by atoms with Gasteiger partial charge >= 0.3 is 5.97 Å². The Labute approximate surface area is 224 Å². The minimum atomic E-state index is -1.41. The lowest BCUT2D eigenvalue weighted by atomic mass is 9.97. The number of ketones is 1. The van der Waals surface area contributed by atoms with E-state index in [9.17, 15) is 34.2 Å².